The van der Waals surface area contributed by atoms with Gasteiger partial charge >= 0.3 is 39.7 Å². The molecule has 0 aliphatic carbocycles. The van der Waals surface area contributed by atoms with Crippen molar-refractivity contribution in [3.63, 3.8) is 0 Å². The van der Waals surface area contributed by atoms with Crippen LogP contribution in [0.5, 0.6) is 0 Å². The fourth-order valence-electron chi connectivity index (χ4n) is 0.256. The van der Waals surface area contributed by atoms with Crippen LogP contribution in [-0.4, -0.2) is 12.1 Å². The van der Waals surface area contributed by atoms with E-state index in [9.17, 15) is 0 Å². The molecule has 3 nitrogen and oxygen atoms in total. The van der Waals surface area contributed by atoms with E-state index in [-0.39, 0.29) is 0 Å². The fourth-order valence-corrected chi connectivity index (χ4v) is 0.256. The van der Waals surface area contributed by atoms with Crippen molar-refractivity contribution >= 4 is 7.05 Å². The third-order valence-electron chi connectivity index (χ3n) is 0.506. The molecule has 1 heterocycles. The monoisotopic (exact) mass is 97.0 g/mol. The molecule has 0 saturated heterocycles. The molecule has 0 bridgehead atoms. The summed E-state index contributed by atoms with van der Waals surface area (Å²) in [4.78, 5) is 0. The van der Waals surface area contributed by atoms with Gasteiger partial charge in [-0.25, -0.2) is 0 Å². The van der Waals surface area contributed by atoms with Gasteiger partial charge < -0.3 is 0 Å². The zero-order valence-electron chi connectivity index (χ0n) is 3.63. The first-order valence-corrected chi connectivity index (χ1v) is 1.90. The summed E-state index contributed by atoms with van der Waals surface area (Å²) in [6, 6.07) is 1.71. The fraction of sp³-hybridized carbons (Fsp3) is 0. The van der Waals surface area contributed by atoms with Gasteiger partial charge in [-0.15, -0.1) is 0 Å². The van der Waals surface area contributed by atoms with E-state index in [1.807, 2.05) is 0 Å². The zero-order valence-corrected chi connectivity index (χ0v) is 3.63. The van der Waals surface area contributed by atoms with Crippen LogP contribution in [0.4, 0.5) is 0 Å². The Bertz CT molecular complexity index is 101. The van der Waals surface area contributed by atoms with Crippen LogP contribution in [-0.2, 0) is 0 Å². The van der Waals surface area contributed by atoms with Crippen LogP contribution in [0.2, 0.25) is 0 Å². The molecule has 0 aromatic carbocycles. The molecular formula is C3H4BNO2. The molecule has 36 valence electrons. The van der Waals surface area contributed by atoms with E-state index < -0.39 is 0 Å². The molecule has 0 aliphatic heterocycles. The molecule has 0 radical (unpaired) electrons. The molecule has 0 unspecified atom stereocenters. The first-order chi connectivity index (χ1) is 3.50. The molecule has 0 spiro atoms. The van der Waals surface area contributed by atoms with E-state index >= 15 is 0 Å². The number of hydrogen-bond donors (Lipinski definition) is 1. The Kier molecular flexibility index (Phi) is 1.38. The summed E-state index contributed by atoms with van der Waals surface area (Å²) in [5.41, 5.74) is 0. The minimum absolute atomic E-state index is 1.43. The number of H-pyrrole nitrogens is 1. The van der Waals surface area contributed by atoms with Crippen LogP contribution in [0.15, 0.2) is 27.5 Å². The summed E-state index contributed by atoms with van der Waals surface area (Å²) in [5.74, 6) is 1.76. The number of aromatic amines is 1. The first kappa shape index (κ1) is 4.24. The molecule has 0 fully saturated rings. The molecule has 0 atom stereocenters. The average molecular weight is 96.9 g/mol. The van der Waals surface area contributed by atoms with Crippen molar-refractivity contribution < 1.29 is 9.26 Å². The van der Waals surface area contributed by atoms with Crippen molar-refractivity contribution in [1.29, 1.82) is 0 Å². The van der Waals surface area contributed by atoms with Gasteiger partial charge in [0.2, 0.25) is 0 Å². The summed E-state index contributed by atoms with van der Waals surface area (Å²) < 4.78 is 8.61. The molecule has 1 aromatic rings. The van der Waals surface area contributed by atoms with Crippen molar-refractivity contribution in [3.8, 4) is 0 Å². The van der Waals surface area contributed by atoms with Crippen molar-refractivity contribution in [2.24, 2.45) is 0 Å². The van der Waals surface area contributed by atoms with Crippen LogP contribution in [0.3, 0.4) is 0 Å². The van der Waals surface area contributed by atoms with Crippen molar-refractivity contribution in [2.75, 3.05) is 0 Å². The SMILES string of the molecule is b1cccoo[nH]1. The Hall–Kier alpha value is -0.925. The van der Waals surface area contributed by atoms with Crippen LogP contribution in [0, 0.1) is 0 Å². The molecular weight excluding hydrogens is 92.9 g/mol. The van der Waals surface area contributed by atoms with E-state index in [2.05, 4.69) is 14.3 Å². The molecule has 0 saturated carbocycles. The van der Waals surface area contributed by atoms with Crippen molar-refractivity contribution in [2.45, 2.75) is 0 Å². The van der Waals surface area contributed by atoms with E-state index in [0.717, 1.165) is 0 Å². The summed E-state index contributed by atoms with van der Waals surface area (Å²) in [7, 11) is 1.61. The Labute approximate surface area is 40.8 Å². The quantitative estimate of drug-likeness (QED) is 0.483. The van der Waals surface area contributed by atoms with Gasteiger partial charge in [-0.05, 0) is 0 Å². The molecule has 0 amide bonds. The Balaban J connectivity index is 3.06. The number of hydrogen-bond acceptors (Lipinski definition) is 2. The molecule has 4 heteroatoms. The second-order valence-electron chi connectivity index (χ2n) is 0.985. The predicted octanol–water partition coefficient (Wildman–Crippen LogP) is 0.663. The normalized spacial score (nSPS) is 7.43. The first-order valence-electron chi connectivity index (χ1n) is 1.90. The maximum absolute atomic E-state index is 4.34. The van der Waals surface area contributed by atoms with Gasteiger partial charge in [0.15, 0.2) is 0 Å². The molecule has 1 rings (SSSR count). The standard InChI is InChI=1S/C3H4BNO2/c1-2-4-5-7-6-3-1/h1-3,5H. The van der Waals surface area contributed by atoms with E-state index in [1.165, 1.54) is 6.26 Å². The van der Waals surface area contributed by atoms with Gasteiger partial charge in [0.25, 0.3) is 0 Å². The van der Waals surface area contributed by atoms with Crippen LogP contribution in [0.1, 0.15) is 0 Å². The Morgan fingerprint density at radius 3 is 3.57 bits per heavy atom. The van der Waals surface area contributed by atoms with E-state index in [4.69, 9.17) is 0 Å². The predicted molar refractivity (Wildman–Crippen MR) is 24.3 cm³/mol. The summed E-state index contributed by atoms with van der Waals surface area (Å²) in [6.45, 7) is 0. The van der Waals surface area contributed by atoms with Gasteiger partial charge in [-0.3, -0.25) is 0 Å². The van der Waals surface area contributed by atoms with E-state index in [1.54, 1.807) is 19.1 Å². The number of rotatable bonds is 0. The molecule has 7 heavy (non-hydrogen) atoms. The van der Waals surface area contributed by atoms with Gasteiger partial charge in [0.05, 0.1) is 0 Å². The number of nitrogens with one attached hydrogen (secondary N) is 1. The third-order valence-corrected chi connectivity index (χ3v) is 0.506. The Morgan fingerprint density at radius 1 is 1.57 bits per heavy atom. The van der Waals surface area contributed by atoms with Gasteiger partial charge in [-0.1, -0.05) is 0 Å². The van der Waals surface area contributed by atoms with E-state index in [0.29, 0.717) is 0 Å². The topological polar surface area (TPSA) is 42.1 Å². The summed E-state index contributed by atoms with van der Waals surface area (Å²) in [6.07, 6.45) is 1.43. The Morgan fingerprint density at radius 2 is 2.57 bits per heavy atom. The summed E-state index contributed by atoms with van der Waals surface area (Å²) in [5, 5.41) is 2.38. The minimum atomic E-state index is 1.43. The van der Waals surface area contributed by atoms with Crippen LogP contribution >= 0.6 is 0 Å². The summed E-state index contributed by atoms with van der Waals surface area (Å²) >= 11 is 0. The zero-order chi connectivity index (χ0) is 4.95. The van der Waals surface area contributed by atoms with Crippen molar-refractivity contribution in [1.82, 2.24) is 5.06 Å². The van der Waals surface area contributed by atoms with Gasteiger partial charge in [0, 0.05) is 0 Å². The maximum atomic E-state index is 4.34. The molecule has 0 aliphatic rings. The van der Waals surface area contributed by atoms with Crippen LogP contribution in [0.25, 0.3) is 0 Å². The van der Waals surface area contributed by atoms with Gasteiger partial charge in [0.1, 0.15) is 0 Å². The molecule has 1 aromatic heterocycles. The van der Waals surface area contributed by atoms with Crippen LogP contribution < -0.4 is 0 Å². The van der Waals surface area contributed by atoms with Crippen molar-refractivity contribution in [3.05, 3.63) is 18.3 Å². The average Bonchev–Trinajstić information content (AvgIpc) is 1.90. The third kappa shape index (κ3) is 1.30. The second-order valence-corrected chi connectivity index (χ2v) is 0.985. The molecule has 1 N–H and O–H groups in total. The second kappa shape index (κ2) is 2.28. The number of aromatic nitrogens is 1. The van der Waals surface area contributed by atoms with Gasteiger partial charge in [-0.2, -0.15) is 0 Å².